The van der Waals surface area contributed by atoms with E-state index in [1.807, 2.05) is 31.2 Å². The lowest BCUT2D eigenvalue weighted by atomic mass is 10.1. The fourth-order valence-corrected chi connectivity index (χ4v) is 3.47. The molecule has 0 saturated carbocycles. The molecule has 0 heterocycles. The van der Waals surface area contributed by atoms with Crippen molar-refractivity contribution in [1.82, 2.24) is 0 Å². The standard InChI is InChI=1S/C25H20BrN3O5/c1-16-4-3-5-20(10-16)28-25(30)19(14-27)11-18-12-23(33-2)24(13-22(18)26)34-15-17-6-8-21(9-7-17)29(31)32/h3-13H,15H2,1-2H3,(H,28,30)/b19-11-. The zero-order valence-corrected chi connectivity index (χ0v) is 20.0. The van der Waals surface area contributed by atoms with E-state index in [9.17, 15) is 20.2 Å². The van der Waals surface area contributed by atoms with Crippen LogP contribution < -0.4 is 14.8 Å². The smallest absolute Gasteiger partial charge is 0.269 e. The molecule has 0 aliphatic carbocycles. The van der Waals surface area contributed by atoms with Crippen LogP contribution in [-0.4, -0.2) is 17.9 Å². The van der Waals surface area contributed by atoms with Gasteiger partial charge in [-0.15, -0.1) is 0 Å². The highest BCUT2D eigenvalue weighted by Gasteiger charge is 2.14. The first kappa shape index (κ1) is 24.5. The normalized spacial score (nSPS) is 10.8. The highest BCUT2D eigenvalue weighted by atomic mass is 79.9. The number of hydrogen-bond donors (Lipinski definition) is 1. The Morgan fingerprint density at radius 1 is 1.18 bits per heavy atom. The summed E-state index contributed by atoms with van der Waals surface area (Å²) in [5, 5.41) is 23.0. The second-order valence-corrected chi connectivity index (χ2v) is 8.08. The Balaban J connectivity index is 1.79. The van der Waals surface area contributed by atoms with Gasteiger partial charge in [0.25, 0.3) is 11.6 Å². The number of nitro groups is 1. The molecule has 1 N–H and O–H groups in total. The molecule has 3 aromatic carbocycles. The van der Waals surface area contributed by atoms with Crippen LogP contribution in [0.4, 0.5) is 11.4 Å². The number of non-ortho nitro benzene ring substituents is 1. The molecule has 8 nitrogen and oxygen atoms in total. The molecule has 0 aliphatic rings. The van der Waals surface area contributed by atoms with Gasteiger partial charge in [-0.05, 0) is 66.1 Å². The van der Waals surface area contributed by atoms with Gasteiger partial charge in [0.05, 0.1) is 12.0 Å². The van der Waals surface area contributed by atoms with Gasteiger partial charge in [-0.2, -0.15) is 5.26 Å². The summed E-state index contributed by atoms with van der Waals surface area (Å²) < 4.78 is 11.8. The van der Waals surface area contributed by atoms with Crippen LogP contribution >= 0.6 is 15.9 Å². The van der Waals surface area contributed by atoms with Gasteiger partial charge >= 0.3 is 0 Å². The number of carbonyl (C=O) groups is 1. The lowest BCUT2D eigenvalue weighted by Gasteiger charge is -2.13. The fraction of sp³-hybridized carbons (Fsp3) is 0.120. The van der Waals surface area contributed by atoms with Crippen molar-refractivity contribution in [3.8, 4) is 17.6 Å². The van der Waals surface area contributed by atoms with Gasteiger partial charge in [-0.25, -0.2) is 0 Å². The molecule has 0 atom stereocenters. The van der Waals surface area contributed by atoms with Crippen LogP contribution in [0.15, 0.2) is 70.7 Å². The van der Waals surface area contributed by atoms with Crippen LogP contribution in [0.3, 0.4) is 0 Å². The van der Waals surface area contributed by atoms with E-state index in [0.29, 0.717) is 27.2 Å². The predicted octanol–water partition coefficient (Wildman–Crippen LogP) is 5.80. The number of anilines is 1. The Bertz CT molecular complexity index is 1300. The van der Waals surface area contributed by atoms with Crippen molar-refractivity contribution < 1.29 is 19.2 Å². The Morgan fingerprint density at radius 3 is 2.53 bits per heavy atom. The van der Waals surface area contributed by atoms with E-state index in [2.05, 4.69) is 21.2 Å². The number of nitrogens with zero attached hydrogens (tertiary/aromatic N) is 2. The van der Waals surface area contributed by atoms with E-state index in [1.165, 1.54) is 25.3 Å². The van der Waals surface area contributed by atoms with Crippen LogP contribution in [0.1, 0.15) is 16.7 Å². The molecule has 34 heavy (non-hydrogen) atoms. The van der Waals surface area contributed by atoms with Gasteiger partial charge in [0, 0.05) is 22.3 Å². The van der Waals surface area contributed by atoms with Gasteiger partial charge in [-0.3, -0.25) is 14.9 Å². The summed E-state index contributed by atoms with van der Waals surface area (Å²) in [5.74, 6) is 0.290. The molecule has 3 aromatic rings. The number of nitriles is 1. The van der Waals surface area contributed by atoms with Crippen molar-refractivity contribution in [3.63, 3.8) is 0 Å². The van der Waals surface area contributed by atoms with E-state index < -0.39 is 10.8 Å². The van der Waals surface area contributed by atoms with E-state index in [1.54, 1.807) is 30.3 Å². The van der Waals surface area contributed by atoms with Crippen molar-refractivity contribution in [2.45, 2.75) is 13.5 Å². The first-order valence-electron chi connectivity index (χ1n) is 10.0. The van der Waals surface area contributed by atoms with Crippen molar-refractivity contribution >= 4 is 39.3 Å². The van der Waals surface area contributed by atoms with Gasteiger partial charge in [0.1, 0.15) is 18.2 Å². The number of nitrogens with one attached hydrogen (secondary N) is 1. The summed E-state index contributed by atoms with van der Waals surface area (Å²) in [6.45, 7) is 2.07. The molecule has 172 valence electrons. The first-order valence-corrected chi connectivity index (χ1v) is 10.8. The quantitative estimate of drug-likeness (QED) is 0.173. The summed E-state index contributed by atoms with van der Waals surface area (Å²) >= 11 is 3.45. The number of halogens is 1. The number of amides is 1. The van der Waals surface area contributed by atoms with E-state index in [-0.39, 0.29) is 17.9 Å². The fourth-order valence-electron chi connectivity index (χ4n) is 3.03. The van der Waals surface area contributed by atoms with Crippen LogP contribution in [0.5, 0.6) is 11.5 Å². The summed E-state index contributed by atoms with van der Waals surface area (Å²) in [6, 6.07) is 18.6. The molecule has 3 rings (SSSR count). The Kier molecular flexibility index (Phi) is 8.01. The summed E-state index contributed by atoms with van der Waals surface area (Å²) in [5.41, 5.74) is 2.79. The molecule has 0 aliphatic heterocycles. The van der Waals surface area contributed by atoms with Crippen LogP contribution in [0.25, 0.3) is 6.08 Å². The third-order valence-corrected chi connectivity index (χ3v) is 5.45. The molecule has 0 aromatic heterocycles. The van der Waals surface area contributed by atoms with Gasteiger partial charge in [-0.1, -0.05) is 28.1 Å². The SMILES string of the molecule is COc1cc(/C=C(/C#N)C(=O)Nc2cccc(C)c2)c(Br)cc1OCc1ccc([N+](=O)[O-])cc1. The minimum Gasteiger partial charge on any atom is -0.493 e. The molecule has 1 amide bonds. The number of nitro benzene ring substituents is 1. The molecule has 0 saturated heterocycles. The molecule has 0 unspecified atom stereocenters. The summed E-state index contributed by atoms with van der Waals surface area (Å²) in [7, 11) is 1.48. The van der Waals surface area contributed by atoms with Gasteiger partial charge < -0.3 is 14.8 Å². The van der Waals surface area contributed by atoms with E-state index >= 15 is 0 Å². The average molecular weight is 522 g/mol. The zero-order valence-electron chi connectivity index (χ0n) is 18.4. The Hall–Kier alpha value is -4.16. The molecule has 0 bridgehead atoms. The van der Waals surface area contributed by atoms with E-state index in [0.717, 1.165) is 11.1 Å². The second kappa shape index (κ2) is 11.1. The van der Waals surface area contributed by atoms with Crippen molar-refractivity contribution in [2.75, 3.05) is 12.4 Å². The van der Waals surface area contributed by atoms with Crippen molar-refractivity contribution in [2.24, 2.45) is 0 Å². The van der Waals surface area contributed by atoms with E-state index in [4.69, 9.17) is 9.47 Å². The monoisotopic (exact) mass is 521 g/mol. The molecule has 9 heteroatoms. The highest BCUT2D eigenvalue weighted by molar-refractivity contribution is 9.10. The number of benzene rings is 3. The number of aryl methyl sites for hydroxylation is 1. The van der Waals surface area contributed by atoms with Crippen LogP contribution in [-0.2, 0) is 11.4 Å². The lowest BCUT2D eigenvalue weighted by Crippen LogP contribution is -2.13. The van der Waals surface area contributed by atoms with Crippen LogP contribution in [0, 0.1) is 28.4 Å². The molecule has 0 fully saturated rings. The Labute approximate surface area is 204 Å². The number of ether oxygens (including phenoxy) is 2. The maximum atomic E-state index is 12.6. The summed E-state index contributed by atoms with van der Waals surface area (Å²) in [6.07, 6.45) is 1.46. The molecule has 0 spiro atoms. The predicted molar refractivity (Wildman–Crippen MR) is 132 cm³/mol. The Morgan fingerprint density at radius 2 is 1.91 bits per heavy atom. The molecular weight excluding hydrogens is 502 g/mol. The third-order valence-electron chi connectivity index (χ3n) is 4.77. The van der Waals surface area contributed by atoms with Crippen molar-refractivity contribution in [1.29, 1.82) is 5.26 Å². The average Bonchev–Trinajstić information content (AvgIpc) is 2.82. The third kappa shape index (κ3) is 6.21. The lowest BCUT2D eigenvalue weighted by molar-refractivity contribution is -0.384. The number of methoxy groups -OCH3 is 1. The topological polar surface area (TPSA) is 114 Å². The number of rotatable bonds is 8. The molecular formula is C25H20BrN3O5. The van der Waals surface area contributed by atoms with Gasteiger partial charge in [0.15, 0.2) is 11.5 Å². The molecule has 0 radical (unpaired) electrons. The van der Waals surface area contributed by atoms with Gasteiger partial charge in [0.2, 0.25) is 0 Å². The zero-order chi connectivity index (χ0) is 24.7. The number of carbonyl (C=O) groups excluding carboxylic acids is 1. The van der Waals surface area contributed by atoms with Crippen LogP contribution in [0.2, 0.25) is 0 Å². The minimum absolute atomic E-state index is 0.0000482. The minimum atomic E-state index is -0.530. The second-order valence-electron chi connectivity index (χ2n) is 7.23. The van der Waals surface area contributed by atoms with Crippen molar-refractivity contribution in [3.05, 3.63) is 97.5 Å². The summed E-state index contributed by atoms with van der Waals surface area (Å²) in [4.78, 5) is 22.9. The maximum Gasteiger partial charge on any atom is 0.269 e. The largest absolute Gasteiger partial charge is 0.493 e. The first-order chi connectivity index (χ1) is 16.3. The maximum absolute atomic E-state index is 12.6. The highest BCUT2D eigenvalue weighted by Crippen LogP contribution is 2.35. The number of hydrogen-bond acceptors (Lipinski definition) is 6.